The highest BCUT2D eigenvalue weighted by atomic mass is 35.5. The zero-order valence-corrected chi connectivity index (χ0v) is 14.1. The fraction of sp³-hybridized carbons (Fsp3) is 0.286. The molecule has 0 spiro atoms. The maximum atomic E-state index is 11.7. The van der Waals surface area contributed by atoms with Gasteiger partial charge < -0.3 is 14.8 Å². The first kappa shape index (κ1) is 17.2. The van der Waals surface area contributed by atoms with Crippen molar-refractivity contribution in [2.24, 2.45) is 0 Å². The Morgan fingerprint density at radius 3 is 2.39 bits per heavy atom. The number of halogens is 2. The van der Waals surface area contributed by atoms with E-state index in [1.54, 1.807) is 45.0 Å². The van der Waals surface area contributed by atoms with Crippen LogP contribution in [0.1, 0.15) is 20.8 Å². The van der Waals surface area contributed by atoms with Crippen molar-refractivity contribution in [2.45, 2.75) is 26.4 Å². The Morgan fingerprint density at radius 1 is 1.13 bits per heavy atom. The summed E-state index contributed by atoms with van der Waals surface area (Å²) in [5.74, 6) is 0.472. The summed E-state index contributed by atoms with van der Waals surface area (Å²) in [6.07, 6.45) is -0.791. The highest BCUT2D eigenvalue weighted by Crippen LogP contribution is 2.22. The number of carbonyl (C=O) groups is 1. The molecule has 2 aromatic rings. The minimum Gasteiger partial charge on any atom is -0.428 e. The van der Waals surface area contributed by atoms with Crippen molar-refractivity contribution in [3.05, 3.63) is 34.8 Å². The third-order valence-corrected chi connectivity index (χ3v) is 2.60. The van der Waals surface area contributed by atoms with Gasteiger partial charge >= 0.3 is 6.16 Å². The van der Waals surface area contributed by atoms with Gasteiger partial charge in [0.25, 0.3) is 0 Å². The quantitative estimate of drug-likeness (QED) is 0.650. The van der Waals surface area contributed by atoms with Gasteiger partial charge in [0, 0.05) is 11.8 Å². The van der Waals surface area contributed by atoms with Crippen LogP contribution in [-0.4, -0.2) is 26.7 Å². The van der Waals surface area contributed by atoms with Crippen molar-refractivity contribution >= 4 is 41.0 Å². The molecule has 0 atom stereocenters. The van der Waals surface area contributed by atoms with Crippen molar-refractivity contribution in [3.8, 4) is 5.75 Å². The second-order valence-corrected chi connectivity index (χ2v) is 6.09. The number of anilines is 2. The predicted octanol–water partition coefficient (Wildman–Crippen LogP) is 4.24. The lowest BCUT2D eigenvalue weighted by molar-refractivity contribution is 0.0206. The lowest BCUT2D eigenvalue weighted by Gasteiger charge is -2.18. The second-order valence-electron chi connectivity index (χ2n) is 5.42. The van der Waals surface area contributed by atoms with Gasteiger partial charge in [-0.3, -0.25) is 0 Å². The van der Waals surface area contributed by atoms with E-state index in [0.717, 1.165) is 0 Å². The molecule has 1 heterocycles. The number of hydrogen-bond acceptors (Lipinski definition) is 7. The van der Waals surface area contributed by atoms with E-state index in [0.29, 0.717) is 11.4 Å². The molecule has 0 aliphatic carbocycles. The molecule has 7 nitrogen and oxygen atoms in total. The van der Waals surface area contributed by atoms with Gasteiger partial charge in [0.2, 0.25) is 16.5 Å². The summed E-state index contributed by atoms with van der Waals surface area (Å²) >= 11 is 11.4. The van der Waals surface area contributed by atoms with Gasteiger partial charge in [0.1, 0.15) is 11.4 Å². The van der Waals surface area contributed by atoms with E-state index in [-0.39, 0.29) is 16.5 Å². The van der Waals surface area contributed by atoms with Gasteiger partial charge in [-0.2, -0.15) is 15.0 Å². The normalized spacial score (nSPS) is 11.0. The van der Waals surface area contributed by atoms with Crippen LogP contribution in [0.5, 0.6) is 5.75 Å². The van der Waals surface area contributed by atoms with Crippen LogP contribution in [-0.2, 0) is 4.74 Å². The van der Waals surface area contributed by atoms with Crippen molar-refractivity contribution in [1.29, 1.82) is 0 Å². The Bertz CT molecular complexity index is 699. The zero-order chi connectivity index (χ0) is 17.0. The smallest absolute Gasteiger partial charge is 0.428 e. The Morgan fingerprint density at radius 2 is 1.78 bits per heavy atom. The highest BCUT2D eigenvalue weighted by molar-refractivity contribution is 6.31. The number of ether oxygens (including phenoxy) is 2. The molecule has 0 aliphatic rings. The number of nitrogens with zero attached hydrogens (tertiary/aromatic N) is 3. The zero-order valence-electron chi connectivity index (χ0n) is 12.6. The maximum absolute atomic E-state index is 11.7. The van der Waals surface area contributed by atoms with E-state index in [4.69, 9.17) is 32.7 Å². The first-order chi connectivity index (χ1) is 10.7. The van der Waals surface area contributed by atoms with Crippen LogP contribution in [0, 0.1) is 0 Å². The van der Waals surface area contributed by atoms with Gasteiger partial charge in [0.15, 0.2) is 0 Å². The van der Waals surface area contributed by atoms with Crippen LogP contribution >= 0.6 is 23.2 Å². The van der Waals surface area contributed by atoms with Crippen molar-refractivity contribution in [3.63, 3.8) is 0 Å². The monoisotopic (exact) mass is 356 g/mol. The van der Waals surface area contributed by atoms with E-state index in [9.17, 15) is 4.79 Å². The Hall–Kier alpha value is -2.12. The number of benzene rings is 1. The summed E-state index contributed by atoms with van der Waals surface area (Å²) in [6, 6.07) is 6.61. The van der Waals surface area contributed by atoms with Crippen LogP contribution < -0.4 is 10.1 Å². The van der Waals surface area contributed by atoms with Gasteiger partial charge in [-0.15, -0.1) is 0 Å². The molecule has 0 radical (unpaired) electrons. The second kappa shape index (κ2) is 6.97. The molecule has 0 amide bonds. The van der Waals surface area contributed by atoms with Crippen LogP contribution in [0.3, 0.4) is 0 Å². The summed E-state index contributed by atoms with van der Waals surface area (Å²) in [4.78, 5) is 23.1. The minimum absolute atomic E-state index is 0.0336. The van der Waals surface area contributed by atoms with Crippen molar-refractivity contribution in [1.82, 2.24) is 15.0 Å². The number of carbonyl (C=O) groups excluding carboxylic acids is 1. The molecule has 0 saturated carbocycles. The van der Waals surface area contributed by atoms with E-state index in [2.05, 4.69) is 20.3 Å². The van der Waals surface area contributed by atoms with E-state index in [1.165, 1.54) is 0 Å². The first-order valence-corrected chi connectivity index (χ1v) is 7.32. The molecular formula is C14H14Cl2N4O3. The molecule has 0 saturated heterocycles. The number of aromatic nitrogens is 3. The molecule has 0 aliphatic heterocycles. The Kier molecular flexibility index (Phi) is 5.23. The van der Waals surface area contributed by atoms with Crippen LogP contribution in [0.25, 0.3) is 0 Å². The summed E-state index contributed by atoms with van der Waals surface area (Å²) in [5, 5.41) is 2.82. The molecule has 0 bridgehead atoms. The van der Waals surface area contributed by atoms with Crippen molar-refractivity contribution < 1.29 is 14.3 Å². The lowest BCUT2D eigenvalue weighted by Crippen LogP contribution is -2.25. The van der Waals surface area contributed by atoms with Crippen LogP contribution in [0.2, 0.25) is 10.6 Å². The number of nitrogens with one attached hydrogen (secondary N) is 1. The van der Waals surface area contributed by atoms with Gasteiger partial charge in [-0.25, -0.2) is 4.79 Å². The average Bonchev–Trinajstić information content (AvgIpc) is 2.35. The molecule has 1 aromatic heterocycles. The largest absolute Gasteiger partial charge is 0.514 e. The first-order valence-electron chi connectivity index (χ1n) is 6.56. The summed E-state index contributed by atoms with van der Waals surface area (Å²) in [6.45, 7) is 5.25. The number of hydrogen-bond donors (Lipinski definition) is 1. The summed E-state index contributed by atoms with van der Waals surface area (Å²) in [7, 11) is 0. The predicted molar refractivity (Wildman–Crippen MR) is 86.4 cm³/mol. The molecule has 122 valence electrons. The third-order valence-electron chi connectivity index (χ3n) is 2.26. The van der Waals surface area contributed by atoms with E-state index in [1.807, 2.05) is 0 Å². The maximum Gasteiger partial charge on any atom is 0.514 e. The number of rotatable bonds is 3. The standard InChI is InChI=1S/C14H14Cl2N4O3/c1-14(2,3)23-13(21)22-9-6-4-5-8(7-9)17-12-19-10(15)18-11(16)20-12/h4-7H,1-3H3,(H,17,18,19,20). The Labute approximate surface area is 143 Å². The molecule has 23 heavy (non-hydrogen) atoms. The third kappa shape index (κ3) is 5.88. The fourth-order valence-electron chi connectivity index (χ4n) is 1.52. The molecule has 9 heteroatoms. The highest BCUT2D eigenvalue weighted by Gasteiger charge is 2.18. The molecule has 1 aromatic carbocycles. The Balaban J connectivity index is 2.09. The molecule has 2 rings (SSSR count). The SMILES string of the molecule is CC(C)(C)OC(=O)Oc1cccc(Nc2nc(Cl)nc(Cl)n2)c1. The van der Waals surface area contributed by atoms with Gasteiger partial charge in [-0.05, 0) is 56.1 Å². The molecule has 0 fully saturated rings. The van der Waals surface area contributed by atoms with Crippen LogP contribution in [0.15, 0.2) is 24.3 Å². The summed E-state index contributed by atoms with van der Waals surface area (Å²) in [5.41, 5.74) is -0.0601. The lowest BCUT2D eigenvalue weighted by atomic mass is 10.2. The molecule has 1 N–H and O–H groups in total. The van der Waals surface area contributed by atoms with Gasteiger partial charge in [-0.1, -0.05) is 6.07 Å². The summed E-state index contributed by atoms with van der Waals surface area (Å²) < 4.78 is 10.2. The van der Waals surface area contributed by atoms with E-state index >= 15 is 0 Å². The van der Waals surface area contributed by atoms with Crippen molar-refractivity contribution in [2.75, 3.05) is 5.32 Å². The molecular weight excluding hydrogens is 343 g/mol. The molecule has 0 unspecified atom stereocenters. The minimum atomic E-state index is -0.791. The fourth-order valence-corrected chi connectivity index (χ4v) is 1.88. The van der Waals surface area contributed by atoms with E-state index < -0.39 is 11.8 Å². The topological polar surface area (TPSA) is 86.2 Å². The van der Waals surface area contributed by atoms with Crippen LogP contribution in [0.4, 0.5) is 16.4 Å². The average molecular weight is 357 g/mol. The van der Waals surface area contributed by atoms with Gasteiger partial charge in [0.05, 0.1) is 0 Å².